The molecule has 1 aromatic heterocycles. The van der Waals surface area contributed by atoms with E-state index in [4.69, 9.17) is 4.74 Å². The molecule has 5 rings (SSSR count). The van der Waals surface area contributed by atoms with E-state index in [0.717, 1.165) is 26.2 Å². The van der Waals surface area contributed by atoms with Gasteiger partial charge in [-0.3, -0.25) is 24.8 Å². The summed E-state index contributed by atoms with van der Waals surface area (Å²) in [5.74, 6) is -0.112. The van der Waals surface area contributed by atoms with Gasteiger partial charge >= 0.3 is 0 Å². The highest BCUT2D eigenvalue weighted by molar-refractivity contribution is 6.13. The van der Waals surface area contributed by atoms with Crippen LogP contribution in [0.5, 0.6) is 5.75 Å². The summed E-state index contributed by atoms with van der Waals surface area (Å²) < 4.78 is 5.50. The molecule has 0 spiro atoms. The minimum atomic E-state index is -0.666. The number of hydrogen-bond acceptors (Lipinski definition) is 8. The first-order chi connectivity index (χ1) is 18.8. The van der Waals surface area contributed by atoms with E-state index in [1.54, 1.807) is 48.5 Å². The molecule has 2 N–H and O–H groups in total. The maximum atomic E-state index is 13.2. The van der Waals surface area contributed by atoms with Gasteiger partial charge in [-0.15, -0.1) is 0 Å². The number of ether oxygens (including phenoxy) is 1. The average molecular weight is 529 g/mol. The summed E-state index contributed by atoms with van der Waals surface area (Å²) in [5, 5.41) is 22.1. The highest BCUT2D eigenvalue weighted by Gasteiger charge is 2.25. The zero-order valence-corrected chi connectivity index (χ0v) is 21.6. The van der Waals surface area contributed by atoms with Crippen molar-refractivity contribution in [1.29, 1.82) is 0 Å². The third kappa shape index (κ3) is 5.43. The number of carbonyl (C=O) groups is 2. The molecule has 0 atom stereocenters. The number of aromatic nitrogens is 2. The number of aromatic amines is 1. The van der Waals surface area contributed by atoms with E-state index in [1.807, 2.05) is 14.0 Å². The average Bonchev–Trinajstić information content (AvgIpc) is 3.34. The highest BCUT2D eigenvalue weighted by Crippen LogP contribution is 2.29. The Morgan fingerprint density at radius 2 is 1.82 bits per heavy atom. The molecule has 0 unspecified atom stereocenters. The summed E-state index contributed by atoms with van der Waals surface area (Å²) >= 11 is 0. The van der Waals surface area contributed by atoms with Crippen molar-refractivity contribution >= 4 is 39.8 Å². The number of amides is 1. The fourth-order valence-corrected chi connectivity index (χ4v) is 4.61. The zero-order valence-electron chi connectivity index (χ0n) is 21.6. The Labute approximate surface area is 224 Å². The van der Waals surface area contributed by atoms with Crippen LogP contribution < -0.4 is 15.0 Å². The number of nitro groups is 1. The van der Waals surface area contributed by atoms with Crippen LogP contribution in [-0.2, 0) is 0 Å². The standard InChI is InChI=1S/C28H28N6O5/c1-3-39-21-6-4-5-18(15-21)26(35)19-7-10-24-23(16-19)27(31-30-24)29-28(36)22-9-8-20(17-25(22)34(37)38)33-13-11-32(2)12-14-33/h4-10,15-17H,3,11-14H2,1-2H3,(H2,29,30,31,36). The van der Waals surface area contributed by atoms with Gasteiger partial charge in [-0.25, -0.2) is 0 Å². The maximum absolute atomic E-state index is 13.2. The molecule has 0 bridgehead atoms. The number of nitro benzene ring substituents is 1. The molecule has 4 aromatic rings. The van der Waals surface area contributed by atoms with E-state index in [2.05, 4.69) is 25.3 Å². The van der Waals surface area contributed by atoms with Crippen molar-refractivity contribution in [3.8, 4) is 5.75 Å². The predicted molar refractivity (Wildman–Crippen MR) is 148 cm³/mol. The van der Waals surface area contributed by atoms with Crippen molar-refractivity contribution < 1.29 is 19.2 Å². The number of H-pyrrole nitrogens is 1. The van der Waals surface area contributed by atoms with E-state index < -0.39 is 10.8 Å². The van der Waals surface area contributed by atoms with Gasteiger partial charge in [-0.05, 0) is 56.4 Å². The number of carbonyl (C=O) groups excluding carboxylic acids is 2. The van der Waals surface area contributed by atoms with Crippen molar-refractivity contribution in [2.24, 2.45) is 0 Å². The van der Waals surface area contributed by atoms with Crippen LogP contribution in [0.25, 0.3) is 10.9 Å². The van der Waals surface area contributed by atoms with Gasteiger partial charge in [0.05, 0.1) is 17.0 Å². The van der Waals surface area contributed by atoms with Crippen LogP contribution in [0.3, 0.4) is 0 Å². The lowest BCUT2D eigenvalue weighted by molar-refractivity contribution is -0.385. The molecule has 11 heteroatoms. The second-order valence-electron chi connectivity index (χ2n) is 9.33. The first-order valence-corrected chi connectivity index (χ1v) is 12.6. The number of fused-ring (bicyclic) bond motifs is 1. The second kappa shape index (κ2) is 10.9. The lowest BCUT2D eigenvalue weighted by atomic mass is 10.0. The molecule has 0 radical (unpaired) electrons. The number of benzene rings is 3. The van der Waals surface area contributed by atoms with Crippen LogP contribution in [0, 0.1) is 10.1 Å². The molecular weight excluding hydrogens is 500 g/mol. The number of nitrogens with zero attached hydrogens (tertiary/aromatic N) is 4. The largest absolute Gasteiger partial charge is 0.494 e. The SMILES string of the molecule is CCOc1cccc(C(=O)c2ccc3[nH]nc(NC(=O)c4ccc(N5CCN(C)CC5)cc4[N+](=O)[O-])c3c2)c1. The maximum Gasteiger partial charge on any atom is 0.284 e. The fourth-order valence-electron chi connectivity index (χ4n) is 4.61. The molecule has 0 aliphatic carbocycles. The Morgan fingerprint density at radius 3 is 2.56 bits per heavy atom. The van der Waals surface area contributed by atoms with Crippen LogP contribution in [0.1, 0.15) is 33.2 Å². The Bertz CT molecular complexity index is 1560. The highest BCUT2D eigenvalue weighted by atomic mass is 16.6. The molecule has 11 nitrogen and oxygen atoms in total. The molecule has 39 heavy (non-hydrogen) atoms. The van der Waals surface area contributed by atoms with E-state index in [1.165, 1.54) is 12.1 Å². The van der Waals surface area contributed by atoms with Crippen molar-refractivity contribution in [2.75, 3.05) is 50.1 Å². The van der Waals surface area contributed by atoms with Gasteiger partial charge in [0.25, 0.3) is 11.6 Å². The van der Waals surface area contributed by atoms with E-state index in [9.17, 15) is 19.7 Å². The summed E-state index contributed by atoms with van der Waals surface area (Å²) in [4.78, 5) is 41.9. The molecule has 200 valence electrons. The monoisotopic (exact) mass is 528 g/mol. The van der Waals surface area contributed by atoms with Crippen LogP contribution in [0.15, 0.2) is 60.7 Å². The molecule has 1 fully saturated rings. The number of likely N-dealkylation sites (N-methyl/N-ethyl adjacent to an activating group) is 1. The minimum absolute atomic E-state index is 0.0750. The minimum Gasteiger partial charge on any atom is -0.494 e. The Hall–Kier alpha value is -4.77. The molecule has 2 heterocycles. The molecular formula is C28H28N6O5. The molecule has 1 amide bonds. The van der Waals surface area contributed by atoms with Gasteiger partial charge in [-0.2, -0.15) is 5.10 Å². The number of nitrogens with one attached hydrogen (secondary N) is 2. The van der Waals surface area contributed by atoms with Crippen molar-refractivity contribution in [2.45, 2.75) is 6.92 Å². The lowest BCUT2D eigenvalue weighted by Gasteiger charge is -2.34. The fraction of sp³-hybridized carbons (Fsp3) is 0.250. The lowest BCUT2D eigenvalue weighted by Crippen LogP contribution is -2.44. The quantitative estimate of drug-likeness (QED) is 0.198. The number of piperazine rings is 1. The summed E-state index contributed by atoms with van der Waals surface area (Å²) in [5.41, 5.74) is 1.81. The first kappa shape index (κ1) is 25.9. The molecule has 3 aromatic carbocycles. The Morgan fingerprint density at radius 1 is 1.05 bits per heavy atom. The van der Waals surface area contributed by atoms with Crippen molar-refractivity contribution in [3.63, 3.8) is 0 Å². The molecule has 1 aliphatic rings. The Balaban J connectivity index is 1.40. The van der Waals surface area contributed by atoms with Gasteiger partial charge in [0.2, 0.25) is 0 Å². The van der Waals surface area contributed by atoms with Gasteiger partial charge in [0.15, 0.2) is 11.6 Å². The smallest absolute Gasteiger partial charge is 0.284 e. The molecule has 0 saturated carbocycles. The first-order valence-electron chi connectivity index (χ1n) is 12.6. The summed E-state index contributed by atoms with van der Waals surface area (Å²) in [6.45, 7) is 5.55. The van der Waals surface area contributed by atoms with Gasteiger partial charge in [-0.1, -0.05) is 12.1 Å². The summed E-state index contributed by atoms with van der Waals surface area (Å²) in [6, 6.07) is 16.6. The topological polar surface area (TPSA) is 134 Å². The number of ketones is 1. The number of hydrogen-bond donors (Lipinski definition) is 2. The Kier molecular flexibility index (Phi) is 7.24. The van der Waals surface area contributed by atoms with Crippen molar-refractivity contribution in [3.05, 3.63) is 87.5 Å². The normalized spacial score (nSPS) is 13.8. The van der Waals surface area contributed by atoms with Gasteiger partial charge in [0, 0.05) is 54.4 Å². The van der Waals surface area contributed by atoms with Crippen LogP contribution in [0.2, 0.25) is 0 Å². The zero-order chi connectivity index (χ0) is 27.5. The van der Waals surface area contributed by atoms with Gasteiger partial charge in [0.1, 0.15) is 11.3 Å². The third-order valence-electron chi connectivity index (χ3n) is 6.76. The van der Waals surface area contributed by atoms with Crippen molar-refractivity contribution in [1.82, 2.24) is 15.1 Å². The van der Waals surface area contributed by atoms with Crippen LogP contribution in [0.4, 0.5) is 17.2 Å². The molecule has 1 aliphatic heterocycles. The van der Waals surface area contributed by atoms with E-state index in [0.29, 0.717) is 40.1 Å². The van der Waals surface area contributed by atoms with Crippen LogP contribution in [-0.4, -0.2) is 71.5 Å². The van der Waals surface area contributed by atoms with E-state index >= 15 is 0 Å². The number of anilines is 2. The van der Waals surface area contributed by atoms with E-state index in [-0.39, 0.29) is 22.9 Å². The number of rotatable bonds is 8. The summed E-state index contributed by atoms with van der Waals surface area (Å²) in [6.07, 6.45) is 0. The van der Waals surface area contributed by atoms with Crippen LogP contribution >= 0.6 is 0 Å². The van der Waals surface area contributed by atoms with Gasteiger partial charge < -0.3 is 19.9 Å². The summed E-state index contributed by atoms with van der Waals surface area (Å²) in [7, 11) is 2.03. The molecule has 1 saturated heterocycles. The predicted octanol–water partition coefficient (Wildman–Crippen LogP) is 4.10. The second-order valence-corrected chi connectivity index (χ2v) is 9.33. The third-order valence-corrected chi connectivity index (χ3v) is 6.76.